The van der Waals surface area contributed by atoms with Gasteiger partial charge in [0.25, 0.3) is 0 Å². The number of rotatable bonds is 10. The highest BCUT2D eigenvalue weighted by molar-refractivity contribution is 5.77. The Balaban J connectivity index is 1.80. The summed E-state index contributed by atoms with van der Waals surface area (Å²) in [6.45, 7) is 2.93. The van der Waals surface area contributed by atoms with Crippen LogP contribution in [-0.4, -0.2) is 69.3 Å². The lowest BCUT2D eigenvalue weighted by Gasteiger charge is -2.28. The standard InChI is InChI=1S/C24H29F3N2O3/c1-31-9-8-29(24(30)16-32-2)14-19-13-28(12-17-6-7-22(26)23(27)10-17)15-21(19)18-4-3-5-20(25)11-18/h3-7,10-11,19,21H,8-9,12-16H2,1-2H3/t19-,21-/m1/s1. The van der Waals surface area contributed by atoms with Crippen molar-refractivity contribution < 1.29 is 27.4 Å². The first-order valence-electron chi connectivity index (χ1n) is 10.6. The van der Waals surface area contributed by atoms with Gasteiger partial charge in [-0.05, 0) is 41.3 Å². The fourth-order valence-electron chi connectivity index (χ4n) is 4.30. The molecular weight excluding hydrogens is 421 g/mol. The van der Waals surface area contributed by atoms with E-state index in [1.54, 1.807) is 24.1 Å². The molecule has 2 aromatic carbocycles. The van der Waals surface area contributed by atoms with Crippen molar-refractivity contribution in [2.75, 3.05) is 53.6 Å². The highest BCUT2D eigenvalue weighted by atomic mass is 19.2. The number of methoxy groups -OCH3 is 2. The minimum absolute atomic E-state index is 0.0172. The number of hydrogen-bond donors (Lipinski definition) is 0. The van der Waals surface area contributed by atoms with E-state index < -0.39 is 11.6 Å². The summed E-state index contributed by atoms with van der Waals surface area (Å²) in [5.41, 5.74) is 1.52. The number of amides is 1. The van der Waals surface area contributed by atoms with E-state index in [0.717, 1.165) is 11.6 Å². The molecule has 32 heavy (non-hydrogen) atoms. The van der Waals surface area contributed by atoms with E-state index in [0.29, 0.717) is 44.9 Å². The van der Waals surface area contributed by atoms with E-state index in [9.17, 15) is 18.0 Å². The third-order valence-electron chi connectivity index (χ3n) is 5.82. The van der Waals surface area contributed by atoms with Crippen molar-refractivity contribution in [1.29, 1.82) is 0 Å². The number of likely N-dealkylation sites (tertiary alicyclic amines) is 1. The van der Waals surface area contributed by atoms with Gasteiger partial charge in [0.05, 0.1) is 6.61 Å². The normalized spacial score (nSPS) is 18.8. The Bertz CT molecular complexity index is 912. The lowest BCUT2D eigenvalue weighted by Crippen LogP contribution is -2.41. The van der Waals surface area contributed by atoms with Crippen molar-refractivity contribution in [3.05, 3.63) is 71.0 Å². The molecule has 2 aromatic rings. The molecule has 0 bridgehead atoms. The second-order valence-electron chi connectivity index (χ2n) is 8.13. The van der Waals surface area contributed by atoms with Gasteiger partial charge in [0.15, 0.2) is 11.6 Å². The fraction of sp³-hybridized carbons (Fsp3) is 0.458. The Morgan fingerprint density at radius 2 is 1.88 bits per heavy atom. The molecule has 0 radical (unpaired) electrons. The molecule has 0 spiro atoms. The van der Waals surface area contributed by atoms with Gasteiger partial charge in [0, 0.05) is 52.9 Å². The maximum atomic E-state index is 13.9. The number of carbonyl (C=O) groups excluding carboxylic acids is 1. The van der Waals surface area contributed by atoms with Crippen LogP contribution in [0, 0.1) is 23.4 Å². The average molecular weight is 451 g/mol. The SMILES string of the molecule is COCCN(C[C@H]1CN(Cc2ccc(F)c(F)c2)C[C@@H]1c1cccc(F)c1)C(=O)COC. The summed E-state index contributed by atoms with van der Waals surface area (Å²) in [5.74, 6) is -2.20. The molecule has 5 nitrogen and oxygen atoms in total. The van der Waals surface area contributed by atoms with Crippen molar-refractivity contribution in [3.63, 3.8) is 0 Å². The van der Waals surface area contributed by atoms with Crippen LogP contribution in [0.15, 0.2) is 42.5 Å². The number of nitrogens with zero attached hydrogens (tertiary/aromatic N) is 2. The maximum absolute atomic E-state index is 13.9. The Morgan fingerprint density at radius 3 is 2.56 bits per heavy atom. The summed E-state index contributed by atoms with van der Waals surface area (Å²) in [7, 11) is 3.05. The highest BCUT2D eigenvalue weighted by Gasteiger charge is 2.36. The second kappa shape index (κ2) is 11.4. The lowest BCUT2D eigenvalue weighted by molar-refractivity contribution is -0.136. The summed E-state index contributed by atoms with van der Waals surface area (Å²) in [5, 5.41) is 0. The van der Waals surface area contributed by atoms with E-state index in [4.69, 9.17) is 9.47 Å². The smallest absolute Gasteiger partial charge is 0.248 e. The van der Waals surface area contributed by atoms with E-state index in [2.05, 4.69) is 4.90 Å². The molecule has 0 aromatic heterocycles. The topological polar surface area (TPSA) is 42.0 Å². The molecule has 1 fully saturated rings. The lowest BCUT2D eigenvalue weighted by atomic mass is 9.88. The number of ether oxygens (including phenoxy) is 2. The first-order valence-corrected chi connectivity index (χ1v) is 10.6. The number of carbonyl (C=O) groups is 1. The van der Waals surface area contributed by atoms with Gasteiger partial charge in [-0.3, -0.25) is 9.69 Å². The Morgan fingerprint density at radius 1 is 1.06 bits per heavy atom. The monoisotopic (exact) mass is 450 g/mol. The van der Waals surface area contributed by atoms with Gasteiger partial charge in [-0.25, -0.2) is 13.2 Å². The molecule has 0 unspecified atom stereocenters. The molecule has 0 saturated carbocycles. The van der Waals surface area contributed by atoms with Crippen molar-refractivity contribution >= 4 is 5.91 Å². The molecule has 0 N–H and O–H groups in total. The average Bonchev–Trinajstić information content (AvgIpc) is 3.16. The second-order valence-corrected chi connectivity index (χ2v) is 8.13. The van der Waals surface area contributed by atoms with E-state index in [1.807, 2.05) is 6.07 Å². The van der Waals surface area contributed by atoms with Crippen LogP contribution in [0.1, 0.15) is 17.0 Å². The molecule has 2 atom stereocenters. The van der Waals surface area contributed by atoms with Crippen LogP contribution < -0.4 is 0 Å². The zero-order valence-electron chi connectivity index (χ0n) is 18.4. The molecule has 1 saturated heterocycles. The van der Waals surface area contributed by atoms with Gasteiger partial charge in [-0.1, -0.05) is 18.2 Å². The van der Waals surface area contributed by atoms with Crippen LogP contribution in [-0.2, 0) is 20.8 Å². The Kier molecular flexibility index (Phi) is 8.67. The van der Waals surface area contributed by atoms with Gasteiger partial charge >= 0.3 is 0 Å². The predicted octanol–water partition coefficient (Wildman–Crippen LogP) is 3.44. The van der Waals surface area contributed by atoms with E-state index in [1.165, 1.54) is 25.3 Å². The van der Waals surface area contributed by atoms with Crippen molar-refractivity contribution in [3.8, 4) is 0 Å². The summed E-state index contributed by atoms with van der Waals surface area (Å²) in [6.07, 6.45) is 0. The number of benzene rings is 2. The first-order chi connectivity index (χ1) is 15.4. The Labute approximate surface area is 186 Å². The molecule has 1 aliphatic heterocycles. The van der Waals surface area contributed by atoms with Gasteiger partial charge in [0.2, 0.25) is 5.91 Å². The summed E-state index contributed by atoms with van der Waals surface area (Å²) in [4.78, 5) is 16.4. The zero-order valence-corrected chi connectivity index (χ0v) is 18.4. The third kappa shape index (κ3) is 6.31. The van der Waals surface area contributed by atoms with Crippen molar-refractivity contribution in [2.24, 2.45) is 5.92 Å². The third-order valence-corrected chi connectivity index (χ3v) is 5.82. The molecule has 1 heterocycles. The minimum atomic E-state index is -0.879. The number of hydrogen-bond acceptors (Lipinski definition) is 4. The van der Waals surface area contributed by atoms with Crippen LogP contribution in [0.5, 0.6) is 0 Å². The van der Waals surface area contributed by atoms with Crippen LogP contribution >= 0.6 is 0 Å². The van der Waals surface area contributed by atoms with Crippen LogP contribution in [0.4, 0.5) is 13.2 Å². The molecular formula is C24H29F3N2O3. The van der Waals surface area contributed by atoms with E-state index >= 15 is 0 Å². The molecule has 8 heteroatoms. The minimum Gasteiger partial charge on any atom is -0.383 e. The van der Waals surface area contributed by atoms with Gasteiger partial charge in [-0.15, -0.1) is 0 Å². The van der Waals surface area contributed by atoms with Crippen molar-refractivity contribution in [2.45, 2.75) is 12.5 Å². The number of halogens is 3. The predicted molar refractivity (Wildman–Crippen MR) is 115 cm³/mol. The van der Waals surface area contributed by atoms with E-state index in [-0.39, 0.29) is 30.2 Å². The van der Waals surface area contributed by atoms with Gasteiger partial charge in [0.1, 0.15) is 12.4 Å². The summed E-state index contributed by atoms with van der Waals surface area (Å²) < 4.78 is 51.1. The summed E-state index contributed by atoms with van der Waals surface area (Å²) >= 11 is 0. The maximum Gasteiger partial charge on any atom is 0.248 e. The van der Waals surface area contributed by atoms with Crippen LogP contribution in [0.2, 0.25) is 0 Å². The largest absolute Gasteiger partial charge is 0.383 e. The van der Waals surface area contributed by atoms with Gasteiger partial charge in [-0.2, -0.15) is 0 Å². The quantitative estimate of drug-likeness (QED) is 0.556. The molecule has 1 amide bonds. The molecule has 174 valence electrons. The summed E-state index contributed by atoms with van der Waals surface area (Å²) in [6, 6.07) is 10.4. The Hall–Kier alpha value is -2.42. The fourth-order valence-corrected chi connectivity index (χ4v) is 4.30. The molecule has 0 aliphatic carbocycles. The zero-order chi connectivity index (χ0) is 23.1. The van der Waals surface area contributed by atoms with Crippen LogP contribution in [0.25, 0.3) is 0 Å². The first kappa shape index (κ1) is 24.2. The van der Waals surface area contributed by atoms with Gasteiger partial charge < -0.3 is 14.4 Å². The molecule has 1 aliphatic rings. The van der Waals surface area contributed by atoms with Crippen molar-refractivity contribution in [1.82, 2.24) is 9.80 Å². The highest BCUT2D eigenvalue weighted by Crippen LogP contribution is 2.34. The molecule has 3 rings (SSSR count). The van der Waals surface area contributed by atoms with Crippen LogP contribution in [0.3, 0.4) is 0 Å².